The van der Waals surface area contributed by atoms with Crippen LogP contribution in [0.1, 0.15) is 12.7 Å². The number of halogens is 1. The fraction of sp³-hybridized carbons (Fsp3) is 0.190. The largest absolute Gasteiger partial charge is 0.504 e. The molecule has 12 heteroatoms. The number of aromatic hydroxyl groups is 1. The highest BCUT2D eigenvalue weighted by Crippen LogP contribution is 2.30. The summed E-state index contributed by atoms with van der Waals surface area (Å²) in [6.07, 6.45) is 0. The second kappa shape index (κ2) is 9.04. The van der Waals surface area contributed by atoms with E-state index in [4.69, 9.17) is 28.6 Å². The second-order valence-corrected chi connectivity index (χ2v) is 7.59. The smallest absolute Gasteiger partial charge is 0.280 e. The molecule has 1 unspecified atom stereocenters. The van der Waals surface area contributed by atoms with Gasteiger partial charge in [0.15, 0.2) is 17.5 Å². The predicted molar refractivity (Wildman–Crippen MR) is 127 cm³/mol. The summed E-state index contributed by atoms with van der Waals surface area (Å²) < 4.78 is 6.03. The van der Waals surface area contributed by atoms with Gasteiger partial charge < -0.3 is 9.84 Å². The van der Waals surface area contributed by atoms with Crippen LogP contribution < -0.4 is 15.3 Å². The summed E-state index contributed by atoms with van der Waals surface area (Å²) in [4.78, 5) is 35.3. The number of nitrogens with zero attached hydrogens (tertiary/aromatic N) is 6. The van der Waals surface area contributed by atoms with Crippen molar-refractivity contribution in [2.24, 2.45) is 15.2 Å². The van der Waals surface area contributed by atoms with Crippen LogP contribution >= 0.6 is 23.8 Å². The molecular formula is C21H17ClN6O4S. The first-order valence-electron chi connectivity index (χ1n) is 9.63. The molecule has 2 aromatic carbocycles. The van der Waals surface area contributed by atoms with E-state index < -0.39 is 17.5 Å². The predicted octanol–water partition coefficient (Wildman–Crippen LogP) is 3.23. The number of hydrogen-bond donors (Lipinski definition) is 1. The van der Waals surface area contributed by atoms with E-state index >= 15 is 0 Å². The molecule has 0 spiro atoms. The Morgan fingerprint density at radius 1 is 1.24 bits per heavy atom. The van der Waals surface area contributed by atoms with E-state index in [1.165, 1.54) is 19.2 Å². The zero-order chi connectivity index (χ0) is 23.7. The molecule has 4 rings (SSSR count). The standard InChI is InChI=1S/C21H17ClN6O4S/c1-11-18(26-25-12-7-8-16(32-2)15(29)9-12)20(31)28(21(33)23-11)27-17(10-22)24-14-6-4-3-5-13(14)19(27)30/h3-9,18,29H,10H2,1-2H3. The van der Waals surface area contributed by atoms with E-state index in [2.05, 4.69) is 20.2 Å². The zero-order valence-corrected chi connectivity index (χ0v) is 19.0. The quantitative estimate of drug-likeness (QED) is 0.337. The average molecular weight is 485 g/mol. The average Bonchev–Trinajstić information content (AvgIpc) is 2.80. The van der Waals surface area contributed by atoms with E-state index in [1.807, 2.05) is 0 Å². The summed E-state index contributed by atoms with van der Waals surface area (Å²) in [5.41, 5.74) is 0.522. The second-order valence-electron chi connectivity index (χ2n) is 6.96. The van der Waals surface area contributed by atoms with Crippen LogP contribution in [0.15, 0.2) is 62.5 Å². The number of alkyl halides is 1. The third-order valence-electron chi connectivity index (χ3n) is 4.88. The van der Waals surface area contributed by atoms with Crippen molar-refractivity contribution in [3.63, 3.8) is 0 Å². The lowest BCUT2D eigenvalue weighted by molar-refractivity contribution is -0.119. The van der Waals surface area contributed by atoms with Crippen molar-refractivity contribution in [3.8, 4) is 11.5 Å². The first kappa shape index (κ1) is 22.5. The number of azo groups is 1. The van der Waals surface area contributed by atoms with Gasteiger partial charge in [-0.2, -0.15) is 19.9 Å². The summed E-state index contributed by atoms with van der Waals surface area (Å²) >= 11 is 11.3. The fourth-order valence-electron chi connectivity index (χ4n) is 3.29. The highest BCUT2D eigenvalue weighted by molar-refractivity contribution is 7.80. The molecule has 1 N–H and O–H groups in total. The van der Waals surface area contributed by atoms with Crippen LogP contribution in [0.25, 0.3) is 10.9 Å². The SMILES string of the molecule is COc1ccc(N=NC2C(=O)N(n3c(CCl)nc4ccccc4c3=O)C(=S)N=C2C)cc1O. The number of benzene rings is 2. The topological polar surface area (TPSA) is 122 Å². The van der Waals surface area contributed by atoms with Crippen LogP contribution in [0.4, 0.5) is 5.69 Å². The van der Waals surface area contributed by atoms with Crippen molar-refractivity contribution in [1.82, 2.24) is 9.66 Å². The Labute approximate surface area is 197 Å². The normalized spacial score (nSPS) is 16.5. The number of thiocarbonyl (C=S) groups is 1. The third kappa shape index (κ3) is 4.08. The van der Waals surface area contributed by atoms with Crippen LogP contribution in [0.3, 0.4) is 0 Å². The van der Waals surface area contributed by atoms with Crippen LogP contribution in [0.2, 0.25) is 0 Å². The Hall–Kier alpha value is -3.70. The molecule has 0 saturated carbocycles. The third-order valence-corrected chi connectivity index (χ3v) is 5.39. The van der Waals surface area contributed by atoms with Gasteiger partial charge >= 0.3 is 0 Å². The molecule has 0 saturated heterocycles. The number of amides is 1. The number of para-hydroxylation sites is 1. The molecule has 0 aliphatic carbocycles. The first-order valence-corrected chi connectivity index (χ1v) is 10.6. The molecule has 168 valence electrons. The van der Waals surface area contributed by atoms with Crippen LogP contribution in [-0.2, 0) is 10.7 Å². The lowest BCUT2D eigenvalue weighted by Crippen LogP contribution is -2.57. The maximum absolute atomic E-state index is 13.4. The Bertz CT molecular complexity index is 1400. The maximum atomic E-state index is 13.4. The van der Waals surface area contributed by atoms with Crippen molar-refractivity contribution in [3.05, 3.63) is 58.6 Å². The highest BCUT2D eigenvalue weighted by atomic mass is 35.5. The molecule has 1 amide bonds. The molecule has 33 heavy (non-hydrogen) atoms. The summed E-state index contributed by atoms with van der Waals surface area (Å²) in [7, 11) is 1.42. The highest BCUT2D eigenvalue weighted by Gasteiger charge is 2.37. The number of phenolic OH excluding ortho intramolecular Hbond substituents is 1. The van der Waals surface area contributed by atoms with Crippen LogP contribution in [-0.4, -0.2) is 44.6 Å². The Morgan fingerprint density at radius 2 is 2.00 bits per heavy atom. The number of ether oxygens (including phenoxy) is 1. The molecule has 1 aromatic heterocycles. The minimum Gasteiger partial charge on any atom is -0.504 e. The number of aromatic nitrogens is 2. The van der Waals surface area contributed by atoms with E-state index in [-0.39, 0.29) is 28.3 Å². The molecule has 3 aromatic rings. The number of carbonyl (C=O) groups excluding carboxylic acids is 1. The summed E-state index contributed by atoms with van der Waals surface area (Å²) in [6.45, 7) is 1.58. The fourth-order valence-corrected chi connectivity index (χ4v) is 3.78. The summed E-state index contributed by atoms with van der Waals surface area (Å²) in [5.74, 6) is -0.514. The lowest BCUT2D eigenvalue weighted by Gasteiger charge is -2.30. The van der Waals surface area contributed by atoms with Crippen molar-refractivity contribution in [1.29, 1.82) is 0 Å². The molecule has 2 heterocycles. The van der Waals surface area contributed by atoms with Gasteiger partial charge in [0.25, 0.3) is 11.5 Å². The van der Waals surface area contributed by atoms with Crippen molar-refractivity contribution in [2.75, 3.05) is 12.1 Å². The Morgan fingerprint density at radius 3 is 2.70 bits per heavy atom. The van der Waals surface area contributed by atoms with Gasteiger partial charge in [0, 0.05) is 6.07 Å². The van der Waals surface area contributed by atoms with Gasteiger partial charge in [-0.1, -0.05) is 12.1 Å². The number of phenols is 1. The van der Waals surface area contributed by atoms with Gasteiger partial charge in [0.05, 0.1) is 35.3 Å². The van der Waals surface area contributed by atoms with Gasteiger partial charge in [-0.25, -0.2) is 9.98 Å². The minimum atomic E-state index is -1.15. The number of aliphatic imine (C=N–C) groups is 1. The molecular weight excluding hydrogens is 468 g/mol. The number of rotatable bonds is 5. The van der Waals surface area contributed by atoms with Crippen molar-refractivity contribution in [2.45, 2.75) is 18.8 Å². The van der Waals surface area contributed by atoms with Gasteiger partial charge in [0.2, 0.25) is 5.11 Å². The number of carbonyl (C=O) groups is 1. The maximum Gasteiger partial charge on any atom is 0.280 e. The molecule has 0 radical (unpaired) electrons. The molecule has 1 aliphatic heterocycles. The number of methoxy groups -OCH3 is 1. The molecule has 1 aliphatic rings. The first-order chi connectivity index (χ1) is 15.8. The van der Waals surface area contributed by atoms with Crippen molar-refractivity contribution < 1.29 is 14.6 Å². The number of hydrogen-bond acceptors (Lipinski definition) is 8. The van der Waals surface area contributed by atoms with Crippen LogP contribution in [0.5, 0.6) is 11.5 Å². The van der Waals surface area contributed by atoms with E-state index in [0.29, 0.717) is 22.3 Å². The molecule has 0 bridgehead atoms. The monoisotopic (exact) mass is 484 g/mol. The summed E-state index contributed by atoms with van der Waals surface area (Å²) in [6, 6.07) is 9.98. The zero-order valence-electron chi connectivity index (χ0n) is 17.5. The Balaban J connectivity index is 1.77. The van der Waals surface area contributed by atoms with E-state index in [1.54, 1.807) is 37.3 Å². The number of fused-ring (bicyclic) bond motifs is 1. The molecule has 10 nitrogen and oxygen atoms in total. The van der Waals surface area contributed by atoms with Gasteiger partial charge in [-0.05, 0) is 43.4 Å². The molecule has 1 atom stereocenters. The van der Waals surface area contributed by atoms with E-state index in [9.17, 15) is 14.7 Å². The van der Waals surface area contributed by atoms with Crippen LogP contribution in [0, 0.1) is 0 Å². The summed E-state index contributed by atoms with van der Waals surface area (Å²) in [5, 5.41) is 19.2. The lowest BCUT2D eigenvalue weighted by atomic mass is 10.1. The molecule has 0 fully saturated rings. The minimum absolute atomic E-state index is 0.126. The van der Waals surface area contributed by atoms with E-state index in [0.717, 1.165) is 9.69 Å². The van der Waals surface area contributed by atoms with Gasteiger partial charge in [0.1, 0.15) is 5.82 Å². The van der Waals surface area contributed by atoms with Gasteiger partial charge in [-0.3, -0.25) is 9.59 Å². The van der Waals surface area contributed by atoms with Gasteiger partial charge in [-0.15, -0.1) is 11.6 Å². The Kier molecular flexibility index (Phi) is 6.16. The van der Waals surface area contributed by atoms with Crippen molar-refractivity contribution >= 4 is 57.1 Å².